The number of aryl methyl sites for hydroxylation is 2. The van der Waals surface area contributed by atoms with Gasteiger partial charge in [-0.15, -0.1) is 0 Å². The van der Waals surface area contributed by atoms with Crippen LogP contribution in [-0.4, -0.2) is 23.7 Å². The van der Waals surface area contributed by atoms with E-state index in [4.69, 9.17) is 0 Å². The molecule has 3 nitrogen and oxygen atoms in total. The minimum atomic E-state index is -0.462. The zero-order chi connectivity index (χ0) is 14.5. The minimum Gasteiger partial charge on any atom is -0.391 e. The molecule has 1 unspecified atom stereocenters. The van der Waals surface area contributed by atoms with E-state index in [1.54, 1.807) is 0 Å². The van der Waals surface area contributed by atoms with Crippen molar-refractivity contribution in [2.45, 2.75) is 52.1 Å². The van der Waals surface area contributed by atoms with Crippen molar-refractivity contribution < 1.29 is 9.90 Å². The van der Waals surface area contributed by atoms with Crippen LogP contribution in [0.5, 0.6) is 0 Å². The molecule has 1 aromatic carbocycles. The smallest absolute Gasteiger partial charge is 0.251 e. The predicted molar refractivity (Wildman–Crippen MR) is 80.9 cm³/mol. The number of rotatable bonds is 5. The summed E-state index contributed by atoms with van der Waals surface area (Å²) in [5.41, 5.74) is 3.40. The summed E-state index contributed by atoms with van der Waals surface area (Å²) in [5, 5.41) is 12.6. The lowest BCUT2D eigenvalue weighted by Crippen LogP contribution is -2.32. The van der Waals surface area contributed by atoms with Gasteiger partial charge in [-0.05, 0) is 61.3 Å². The third-order valence-electron chi connectivity index (χ3n) is 3.85. The topological polar surface area (TPSA) is 49.3 Å². The summed E-state index contributed by atoms with van der Waals surface area (Å²) in [5.74, 6) is 0.354. The molecule has 20 heavy (non-hydrogen) atoms. The van der Waals surface area contributed by atoms with E-state index in [0.29, 0.717) is 24.4 Å². The molecule has 0 radical (unpaired) electrons. The Morgan fingerprint density at radius 1 is 1.25 bits per heavy atom. The molecule has 1 aromatic rings. The summed E-state index contributed by atoms with van der Waals surface area (Å²) in [6, 6.07) is 5.99. The van der Waals surface area contributed by atoms with Crippen LogP contribution < -0.4 is 5.32 Å². The van der Waals surface area contributed by atoms with Crippen molar-refractivity contribution in [1.82, 2.24) is 5.32 Å². The third kappa shape index (κ3) is 4.07. The number of aliphatic hydroxyl groups is 1. The molecule has 0 saturated carbocycles. The van der Waals surface area contributed by atoms with Crippen molar-refractivity contribution in [1.29, 1.82) is 0 Å². The summed E-state index contributed by atoms with van der Waals surface area (Å²) < 4.78 is 0. The molecule has 0 saturated heterocycles. The van der Waals surface area contributed by atoms with Crippen molar-refractivity contribution >= 4 is 5.91 Å². The lowest BCUT2D eigenvalue weighted by molar-refractivity contribution is 0.0900. The van der Waals surface area contributed by atoms with E-state index < -0.39 is 6.10 Å². The summed E-state index contributed by atoms with van der Waals surface area (Å²) in [6.45, 7) is 4.46. The molecule has 1 aliphatic rings. The summed E-state index contributed by atoms with van der Waals surface area (Å²) in [7, 11) is 0. The Labute approximate surface area is 121 Å². The number of carbonyl (C=O) groups is 1. The molecule has 0 bridgehead atoms. The van der Waals surface area contributed by atoms with Crippen LogP contribution >= 0.6 is 0 Å². The molecule has 1 amide bonds. The van der Waals surface area contributed by atoms with Crippen molar-refractivity contribution in [2.75, 3.05) is 6.54 Å². The number of fused-ring (bicyclic) bond motifs is 1. The van der Waals surface area contributed by atoms with Gasteiger partial charge in [0.1, 0.15) is 0 Å². The maximum Gasteiger partial charge on any atom is 0.251 e. The zero-order valence-electron chi connectivity index (χ0n) is 12.5. The number of benzene rings is 1. The van der Waals surface area contributed by atoms with E-state index in [1.807, 2.05) is 12.1 Å². The maximum atomic E-state index is 12.1. The van der Waals surface area contributed by atoms with Gasteiger partial charge in [0.15, 0.2) is 0 Å². The quantitative estimate of drug-likeness (QED) is 0.868. The Bertz CT molecular complexity index is 468. The first-order valence-corrected chi connectivity index (χ1v) is 7.64. The highest BCUT2D eigenvalue weighted by molar-refractivity contribution is 5.94. The van der Waals surface area contributed by atoms with E-state index in [-0.39, 0.29) is 5.91 Å². The molecule has 110 valence electrons. The van der Waals surface area contributed by atoms with Gasteiger partial charge in [0.25, 0.3) is 5.91 Å². The average molecular weight is 275 g/mol. The molecule has 0 aliphatic heterocycles. The van der Waals surface area contributed by atoms with Gasteiger partial charge in [0, 0.05) is 12.1 Å². The molecule has 2 N–H and O–H groups in total. The molecule has 0 aromatic heterocycles. The molecule has 3 heteroatoms. The number of carbonyl (C=O) groups excluding carboxylic acids is 1. The van der Waals surface area contributed by atoms with Gasteiger partial charge in [0.05, 0.1) is 6.10 Å². The fourth-order valence-corrected chi connectivity index (χ4v) is 2.81. The highest BCUT2D eigenvalue weighted by Gasteiger charge is 2.14. The highest BCUT2D eigenvalue weighted by atomic mass is 16.3. The first-order valence-electron chi connectivity index (χ1n) is 7.64. The van der Waals surface area contributed by atoms with Gasteiger partial charge < -0.3 is 10.4 Å². The molecule has 0 heterocycles. The van der Waals surface area contributed by atoms with Crippen molar-refractivity contribution in [3.8, 4) is 0 Å². The molecule has 2 rings (SSSR count). The Kier molecular flexibility index (Phi) is 5.18. The average Bonchev–Trinajstić information content (AvgIpc) is 2.43. The van der Waals surface area contributed by atoms with Crippen LogP contribution in [0.3, 0.4) is 0 Å². The molecule has 1 aliphatic carbocycles. The van der Waals surface area contributed by atoms with Gasteiger partial charge in [-0.2, -0.15) is 0 Å². The number of hydrogen-bond acceptors (Lipinski definition) is 2. The molecule has 0 fully saturated rings. The number of nitrogens with one attached hydrogen (secondary N) is 1. The lowest BCUT2D eigenvalue weighted by atomic mass is 9.90. The molecular weight excluding hydrogens is 250 g/mol. The molecule has 0 spiro atoms. The van der Waals surface area contributed by atoms with E-state index in [1.165, 1.54) is 24.0 Å². The fraction of sp³-hybridized carbons (Fsp3) is 0.588. The summed E-state index contributed by atoms with van der Waals surface area (Å²) in [6.07, 6.45) is 4.92. The number of aliphatic hydroxyl groups excluding tert-OH is 1. The van der Waals surface area contributed by atoms with Crippen LogP contribution in [0.1, 0.15) is 54.6 Å². The first kappa shape index (κ1) is 15.0. The second-order valence-electron chi connectivity index (χ2n) is 6.18. The van der Waals surface area contributed by atoms with Crippen LogP contribution in [0.4, 0.5) is 0 Å². The third-order valence-corrected chi connectivity index (χ3v) is 3.85. The second kappa shape index (κ2) is 6.89. The van der Waals surface area contributed by atoms with Gasteiger partial charge in [-0.25, -0.2) is 0 Å². The maximum absolute atomic E-state index is 12.1. The van der Waals surface area contributed by atoms with Crippen LogP contribution in [0.15, 0.2) is 18.2 Å². The van der Waals surface area contributed by atoms with Crippen LogP contribution in [0.2, 0.25) is 0 Å². The highest BCUT2D eigenvalue weighted by Crippen LogP contribution is 2.22. The molecular formula is C17H25NO2. The predicted octanol–water partition coefficient (Wildman–Crippen LogP) is 2.70. The zero-order valence-corrected chi connectivity index (χ0v) is 12.5. The lowest BCUT2D eigenvalue weighted by Gasteiger charge is -2.17. The van der Waals surface area contributed by atoms with Gasteiger partial charge in [-0.1, -0.05) is 19.9 Å². The van der Waals surface area contributed by atoms with Crippen molar-refractivity contribution in [2.24, 2.45) is 5.92 Å². The SMILES string of the molecule is CC(C)CC(O)CNC(=O)c1ccc2c(c1)CCCC2. The van der Waals surface area contributed by atoms with Crippen molar-refractivity contribution in [3.63, 3.8) is 0 Å². The van der Waals surface area contributed by atoms with E-state index >= 15 is 0 Å². The number of hydrogen-bond donors (Lipinski definition) is 2. The monoisotopic (exact) mass is 275 g/mol. The van der Waals surface area contributed by atoms with Crippen LogP contribution in [0, 0.1) is 5.92 Å². The Morgan fingerprint density at radius 2 is 1.95 bits per heavy atom. The first-order chi connectivity index (χ1) is 9.56. The van der Waals surface area contributed by atoms with Gasteiger partial charge in [0.2, 0.25) is 0 Å². The summed E-state index contributed by atoms with van der Waals surface area (Å²) >= 11 is 0. The van der Waals surface area contributed by atoms with Gasteiger partial charge in [-0.3, -0.25) is 4.79 Å². The summed E-state index contributed by atoms with van der Waals surface area (Å²) in [4.78, 5) is 12.1. The fourth-order valence-electron chi connectivity index (χ4n) is 2.81. The standard InChI is InChI=1S/C17H25NO2/c1-12(2)9-16(19)11-18-17(20)15-8-7-13-5-3-4-6-14(13)10-15/h7-8,10,12,16,19H,3-6,9,11H2,1-2H3,(H,18,20). The second-order valence-corrected chi connectivity index (χ2v) is 6.18. The van der Waals surface area contributed by atoms with E-state index in [0.717, 1.165) is 12.8 Å². The molecule has 1 atom stereocenters. The van der Waals surface area contributed by atoms with Crippen molar-refractivity contribution in [3.05, 3.63) is 34.9 Å². The number of amides is 1. The largest absolute Gasteiger partial charge is 0.391 e. The Balaban J connectivity index is 1.92. The van der Waals surface area contributed by atoms with E-state index in [9.17, 15) is 9.90 Å². The Morgan fingerprint density at radius 3 is 2.65 bits per heavy atom. The normalized spacial score (nSPS) is 15.8. The minimum absolute atomic E-state index is 0.0822. The Hall–Kier alpha value is -1.35. The van der Waals surface area contributed by atoms with Crippen LogP contribution in [0.25, 0.3) is 0 Å². The van der Waals surface area contributed by atoms with Crippen LogP contribution in [-0.2, 0) is 12.8 Å². The van der Waals surface area contributed by atoms with Gasteiger partial charge >= 0.3 is 0 Å². The van der Waals surface area contributed by atoms with E-state index in [2.05, 4.69) is 25.2 Å².